The second kappa shape index (κ2) is 36.2. The van der Waals surface area contributed by atoms with Gasteiger partial charge in [-0.05, 0) is 25.5 Å². The monoisotopic (exact) mass is 296 g/mol. The van der Waals surface area contributed by atoms with Gasteiger partial charge in [-0.15, -0.1) is 6.58 Å². The minimum absolute atomic E-state index is 0.412. The van der Waals surface area contributed by atoms with E-state index in [0.717, 1.165) is 11.6 Å². The first-order chi connectivity index (χ1) is 10.1. The number of carbonyl (C=O) groups is 1. The molecule has 124 valence electrons. The van der Waals surface area contributed by atoms with Crippen LogP contribution in [0.15, 0.2) is 62.0 Å². The van der Waals surface area contributed by atoms with E-state index in [1.165, 1.54) is 6.08 Å². The molecule has 0 aliphatic heterocycles. The van der Waals surface area contributed by atoms with Crippen LogP contribution in [0.2, 0.25) is 0 Å². The molecule has 0 heterocycles. The van der Waals surface area contributed by atoms with Crippen LogP contribution >= 0.6 is 0 Å². The van der Waals surface area contributed by atoms with Crippen molar-refractivity contribution in [1.29, 1.82) is 0 Å². The van der Waals surface area contributed by atoms with Crippen molar-refractivity contribution in [3.63, 3.8) is 0 Å². The van der Waals surface area contributed by atoms with E-state index < -0.39 is 5.97 Å². The van der Waals surface area contributed by atoms with E-state index in [1.807, 2.05) is 48.5 Å². The summed E-state index contributed by atoms with van der Waals surface area (Å²) in [5.74, 6) is -0.0824. The van der Waals surface area contributed by atoms with Crippen LogP contribution < -0.4 is 0 Å². The lowest BCUT2D eigenvalue weighted by molar-refractivity contribution is -0.133. The molecule has 2 heteroatoms. The average molecular weight is 296 g/mol. The first-order valence-corrected chi connectivity index (χ1v) is 7.44. The molecule has 0 spiro atoms. The van der Waals surface area contributed by atoms with Crippen molar-refractivity contribution in [3.8, 4) is 0 Å². The van der Waals surface area contributed by atoms with Crippen LogP contribution in [0.4, 0.5) is 0 Å². The highest BCUT2D eigenvalue weighted by Crippen LogP contribution is 2.08. The summed E-state index contributed by atoms with van der Waals surface area (Å²) in [6, 6.07) is 0. The normalized spacial score (nSPS) is 7.81. The van der Waals surface area contributed by atoms with Crippen LogP contribution in [0.1, 0.15) is 55.4 Å². The molecular formula is C19H36O2. The Labute approximate surface area is 133 Å². The van der Waals surface area contributed by atoms with Crippen LogP contribution in [0.25, 0.3) is 0 Å². The van der Waals surface area contributed by atoms with Crippen LogP contribution in [-0.2, 0) is 9.53 Å². The fourth-order valence-corrected chi connectivity index (χ4v) is 0.534. The molecule has 2 nitrogen and oxygen atoms in total. The second-order valence-corrected chi connectivity index (χ2v) is 2.49. The standard InChI is InChI=1S/C10H12O2.C3H6.3C2H6/c1-5-8(4)9(6-2)12-10(11)7-3;1-3-2;3*1-2/h5-7H,1-3H2,4H3;3H,1H2,2H3;3*1-2H3/b9-8+;;;;. The van der Waals surface area contributed by atoms with Gasteiger partial charge in [0.15, 0.2) is 0 Å². The number of rotatable bonds is 4. The summed E-state index contributed by atoms with van der Waals surface area (Å²) in [6.45, 7) is 29.3. The van der Waals surface area contributed by atoms with Crippen molar-refractivity contribution < 1.29 is 9.53 Å². The van der Waals surface area contributed by atoms with E-state index in [1.54, 1.807) is 19.1 Å². The first kappa shape index (κ1) is 31.5. The van der Waals surface area contributed by atoms with Crippen molar-refractivity contribution >= 4 is 5.97 Å². The molecule has 0 amide bonds. The van der Waals surface area contributed by atoms with Gasteiger partial charge in [-0.2, -0.15) is 0 Å². The van der Waals surface area contributed by atoms with E-state index >= 15 is 0 Å². The summed E-state index contributed by atoms with van der Waals surface area (Å²) in [4.78, 5) is 10.7. The molecule has 0 aromatic rings. The second-order valence-electron chi connectivity index (χ2n) is 2.49. The van der Waals surface area contributed by atoms with Crippen molar-refractivity contribution in [2.75, 3.05) is 0 Å². The molecule has 0 aromatic carbocycles. The van der Waals surface area contributed by atoms with Gasteiger partial charge in [0.2, 0.25) is 0 Å². The molecular weight excluding hydrogens is 260 g/mol. The van der Waals surface area contributed by atoms with Crippen LogP contribution in [0.3, 0.4) is 0 Å². The molecule has 0 saturated heterocycles. The molecule has 0 N–H and O–H groups in total. The zero-order valence-corrected chi connectivity index (χ0v) is 15.5. The SMILES string of the molecule is C=CC.C=CC(=O)O/C(C=C)=C(\C)C=C.CC.CC.CC. The van der Waals surface area contributed by atoms with E-state index in [4.69, 9.17) is 4.74 Å². The van der Waals surface area contributed by atoms with Crippen LogP contribution in [0.5, 0.6) is 0 Å². The van der Waals surface area contributed by atoms with Crippen molar-refractivity contribution in [2.24, 2.45) is 0 Å². The van der Waals surface area contributed by atoms with Crippen LogP contribution in [-0.4, -0.2) is 5.97 Å². The van der Waals surface area contributed by atoms with Gasteiger partial charge >= 0.3 is 5.97 Å². The fourth-order valence-electron chi connectivity index (χ4n) is 0.534. The molecule has 0 radical (unpaired) electrons. The van der Waals surface area contributed by atoms with Gasteiger partial charge in [-0.1, -0.05) is 73.4 Å². The molecule has 0 bridgehead atoms. The Morgan fingerprint density at radius 3 is 1.33 bits per heavy atom. The van der Waals surface area contributed by atoms with E-state index in [0.29, 0.717) is 5.76 Å². The summed E-state index contributed by atoms with van der Waals surface area (Å²) in [5, 5.41) is 0. The molecule has 0 aliphatic rings. The Morgan fingerprint density at radius 1 is 0.810 bits per heavy atom. The van der Waals surface area contributed by atoms with E-state index in [2.05, 4.69) is 26.3 Å². The van der Waals surface area contributed by atoms with Gasteiger partial charge < -0.3 is 4.74 Å². The zero-order valence-electron chi connectivity index (χ0n) is 15.5. The highest BCUT2D eigenvalue weighted by Gasteiger charge is 2.00. The molecule has 0 unspecified atom stereocenters. The van der Waals surface area contributed by atoms with E-state index in [-0.39, 0.29) is 0 Å². The van der Waals surface area contributed by atoms with Gasteiger partial charge in [0, 0.05) is 6.08 Å². The summed E-state index contributed by atoms with van der Waals surface area (Å²) in [6.07, 6.45) is 5.89. The lowest BCUT2D eigenvalue weighted by atomic mass is 10.2. The number of allylic oxidation sites excluding steroid dienone is 4. The molecule has 0 aromatic heterocycles. The Balaban J connectivity index is -0.0000000795. The van der Waals surface area contributed by atoms with Gasteiger partial charge in [0.05, 0.1) is 0 Å². The highest BCUT2D eigenvalue weighted by atomic mass is 16.5. The molecule has 0 saturated carbocycles. The molecule has 0 fully saturated rings. The number of ether oxygens (including phenoxy) is 1. The van der Waals surface area contributed by atoms with Crippen LogP contribution in [0, 0.1) is 0 Å². The number of carbonyl (C=O) groups excluding carboxylic acids is 1. The predicted octanol–water partition coefficient (Wildman–Crippen LogP) is 6.63. The Bertz CT molecular complexity index is 284. The van der Waals surface area contributed by atoms with Gasteiger partial charge in [0.1, 0.15) is 5.76 Å². The number of hydrogen-bond acceptors (Lipinski definition) is 2. The third kappa shape index (κ3) is 32.1. The smallest absolute Gasteiger partial charge is 0.335 e. The topological polar surface area (TPSA) is 26.3 Å². The lowest BCUT2D eigenvalue weighted by Crippen LogP contribution is -1.99. The third-order valence-electron chi connectivity index (χ3n) is 1.26. The minimum atomic E-state index is -0.494. The van der Waals surface area contributed by atoms with Gasteiger partial charge in [-0.3, -0.25) is 0 Å². The molecule has 0 aliphatic carbocycles. The largest absolute Gasteiger partial charge is 0.423 e. The first-order valence-electron chi connectivity index (χ1n) is 7.44. The van der Waals surface area contributed by atoms with E-state index in [9.17, 15) is 4.79 Å². The maximum absolute atomic E-state index is 10.7. The molecule has 0 atom stereocenters. The maximum Gasteiger partial charge on any atom is 0.335 e. The highest BCUT2D eigenvalue weighted by molar-refractivity contribution is 5.82. The quantitative estimate of drug-likeness (QED) is 0.191. The van der Waals surface area contributed by atoms with Gasteiger partial charge in [-0.25, -0.2) is 4.79 Å². The van der Waals surface area contributed by atoms with Gasteiger partial charge in [0.25, 0.3) is 0 Å². The molecule has 21 heavy (non-hydrogen) atoms. The lowest BCUT2D eigenvalue weighted by Gasteiger charge is -2.03. The molecule has 0 rings (SSSR count). The Kier molecular flexibility index (Phi) is 54.3. The summed E-state index contributed by atoms with van der Waals surface area (Å²) < 4.78 is 4.83. The van der Waals surface area contributed by atoms with Crippen molar-refractivity contribution in [2.45, 2.75) is 55.4 Å². The van der Waals surface area contributed by atoms with Crippen molar-refractivity contribution in [1.82, 2.24) is 0 Å². The predicted molar refractivity (Wildman–Crippen MR) is 99.3 cm³/mol. The maximum atomic E-state index is 10.7. The Morgan fingerprint density at radius 2 is 1.14 bits per heavy atom. The number of hydrogen-bond donors (Lipinski definition) is 0. The zero-order chi connectivity index (χ0) is 18.3. The average Bonchev–Trinajstić information content (AvgIpc) is 2.57. The third-order valence-corrected chi connectivity index (χ3v) is 1.26. The summed E-state index contributed by atoms with van der Waals surface area (Å²) >= 11 is 0. The number of esters is 1. The summed E-state index contributed by atoms with van der Waals surface area (Å²) in [7, 11) is 0. The fraction of sp³-hybridized carbons (Fsp3) is 0.421. The van der Waals surface area contributed by atoms with Crippen molar-refractivity contribution in [3.05, 3.63) is 62.0 Å². The minimum Gasteiger partial charge on any atom is -0.423 e. The Hall–Kier alpha value is -1.83. The summed E-state index contributed by atoms with van der Waals surface area (Å²) in [5.41, 5.74) is 0.764.